The molecule has 0 amide bonds. The van der Waals surface area contributed by atoms with Gasteiger partial charge in [0.05, 0.1) is 12.1 Å². The first-order valence-corrected chi connectivity index (χ1v) is 9.58. The molecule has 0 saturated heterocycles. The molecular formula is C21H26N8O. The summed E-state index contributed by atoms with van der Waals surface area (Å²) in [6.07, 6.45) is 0. The van der Waals surface area contributed by atoms with Crippen LogP contribution in [-0.2, 0) is 17.9 Å². The number of ketones is 1. The summed E-state index contributed by atoms with van der Waals surface area (Å²) in [5, 5.41) is 7.25. The fraction of sp³-hybridized carbons (Fsp3) is 0.381. The molecule has 2 atom stereocenters. The van der Waals surface area contributed by atoms with Crippen molar-refractivity contribution in [3.63, 3.8) is 0 Å². The van der Waals surface area contributed by atoms with Gasteiger partial charge in [-0.15, -0.1) is 0 Å². The molecule has 0 aliphatic rings. The molecule has 9 heteroatoms. The molecule has 0 aromatic heterocycles. The second-order valence-electron chi connectivity index (χ2n) is 7.30. The van der Waals surface area contributed by atoms with Gasteiger partial charge in [0.2, 0.25) is 0 Å². The first kappa shape index (κ1) is 22.9. The second kappa shape index (κ2) is 11.0. The Balaban J connectivity index is 2.01. The molecule has 0 aliphatic carbocycles. The maximum absolute atomic E-state index is 13.0. The van der Waals surface area contributed by atoms with Gasteiger partial charge < -0.3 is 0 Å². The van der Waals surface area contributed by atoms with E-state index < -0.39 is 0 Å². The quantitative estimate of drug-likeness (QED) is 0.295. The molecule has 30 heavy (non-hydrogen) atoms. The minimum absolute atomic E-state index is 0.109. The number of hydrogen-bond acceptors (Lipinski definition) is 5. The topological polar surface area (TPSA) is 121 Å². The summed E-state index contributed by atoms with van der Waals surface area (Å²) in [5.74, 6) is 0.109. The van der Waals surface area contributed by atoms with Crippen LogP contribution in [0.5, 0.6) is 0 Å². The predicted molar refractivity (Wildman–Crippen MR) is 117 cm³/mol. The van der Waals surface area contributed by atoms with E-state index in [1.807, 2.05) is 74.1 Å². The Morgan fingerprint density at radius 3 is 1.63 bits per heavy atom. The third-order valence-corrected chi connectivity index (χ3v) is 5.15. The molecule has 0 fully saturated rings. The Morgan fingerprint density at radius 2 is 1.27 bits per heavy atom. The Kier molecular flexibility index (Phi) is 8.41. The van der Waals surface area contributed by atoms with E-state index in [1.54, 1.807) is 12.1 Å². The van der Waals surface area contributed by atoms with E-state index in [0.717, 1.165) is 11.1 Å². The zero-order valence-electron chi connectivity index (χ0n) is 17.7. The van der Waals surface area contributed by atoms with Crippen molar-refractivity contribution in [2.45, 2.75) is 39.0 Å². The highest BCUT2D eigenvalue weighted by Gasteiger charge is 2.26. The zero-order chi connectivity index (χ0) is 22.1. The number of Topliss-reactive ketones (excluding diaryl/α,β-unsaturated/α-hetero) is 1. The molecule has 0 N–H and O–H groups in total. The van der Waals surface area contributed by atoms with Gasteiger partial charge in [0.25, 0.3) is 0 Å². The largest absolute Gasteiger partial charge is 0.296 e. The molecule has 0 aliphatic heterocycles. The number of rotatable bonds is 10. The van der Waals surface area contributed by atoms with Crippen LogP contribution in [0, 0.1) is 0 Å². The van der Waals surface area contributed by atoms with Crippen LogP contribution in [0.2, 0.25) is 0 Å². The summed E-state index contributed by atoms with van der Waals surface area (Å²) >= 11 is 0. The number of carbonyl (C=O) groups excluding carboxylic acids is 1. The average Bonchev–Trinajstić information content (AvgIpc) is 2.73. The number of azide groups is 2. The molecule has 156 valence electrons. The smallest absolute Gasteiger partial charge is 0.166 e. The average molecular weight is 406 g/mol. The third kappa shape index (κ3) is 6.34. The van der Waals surface area contributed by atoms with Gasteiger partial charge >= 0.3 is 0 Å². The molecule has 2 aromatic rings. The summed E-state index contributed by atoms with van der Waals surface area (Å²) in [6.45, 7) is 4.91. The van der Waals surface area contributed by atoms with E-state index >= 15 is 0 Å². The lowest BCUT2D eigenvalue weighted by molar-refractivity contribution is -0.128. The molecule has 2 rings (SSSR count). The van der Waals surface area contributed by atoms with Crippen LogP contribution >= 0.6 is 0 Å². The Morgan fingerprint density at radius 1 is 0.867 bits per heavy atom. The Labute approximate surface area is 176 Å². The number of likely N-dealkylation sites (N-methyl/N-ethyl adjacent to an activating group) is 2. The van der Waals surface area contributed by atoms with Gasteiger partial charge in [0, 0.05) is 34.3 Å². The van der Waals surface area contributed by atoms with Crippen molar-refractivity contribution in [3.8, 4) is 0 Å². The zero-order valence-corrected chi connectivity index (χ0v) is 17.7. The molecule has 2 aromatic carbocycles. The second-order valence-corrected chi connectivity index (χ2v) is 7.30. The summed E-state index contributed by atoms with van der Waals surface area (Å²) < 4.78 is 0. The SMILES string of the molecule is CC(C(=O)C(C)N(C)Cc1cccc(N=[N+]=[N-])c1)N(C)Cc1cccc(N=[N+]=[N-])c1. The normalized spacial score (nSPS) is 12.7. The van der Waals surface area contributed by atoms with Crippen LogP contribution in [0.1, 0.15) is 25.0 Å². The third-order valence-electron chi connectivity index (χ3n) is 5.15. The van der Waals surface area contributed by atoms with E-state index in [0.29, 0.717) is 24.5 Å². The van der Waals surface area contributed by atoms with Gasteiger partial charge in [-0.25, -0.2) is 0 Å². The fourth-order valence-electron chi connectivity index (χ4n) is 3.17. The predicted octanol–water partition coefficient (Wildman–Crippen LogP) is 5.48. The highest BCUT2D eigenvalue weighted by Crippen LogP contribution is 2.19. The molecule has 0 saturated carbocycles. The lowest BCUT2D eigenvalue weighted by atomic mass is 10.0. The van der Waals surface area contributed by atoms with Gasteiger partial charge in [0.15, 0.2) is 5.78 Å². The van der Waals surface area contributed by atoms with Crippen LogP contribution in [-0.4, -0.2) is 41.8 Å². The minimum atomic E-state index is -0.292. The molecular weight excluding hydrogens is 380 g/mol. The summed E-state index contributed by atoms with van der Waals surface area (Å²) in [4.78, 5) is 22.6. The van der Waals surface area contributed by atoms with Gasteiger partial charge in [-0.05, 0) is 62.3 Å². The van der Waals surface area contributed by atoms with Gasteiger partial charge in [0.1, 0.15) is 0 Å². The minimum Gasteiger partial charge on any atom is -0.296 e. The number of benzene rings is 2. The Hall–Kier alpha value is -3.35. The van der Waals surface area contributed by atoms with Gasteiger partial charge in [-0.2, -0.15) is 0 Å². The summed E-state index contributed by atoms with van der Waals surface area (Å²) in [7, 11) is 3.80. The first-order chi connectivity index (χ1) is 14.3. The van der Waals surface area contributed by atoms with E-state index in [2.05, 4.69) is 20.1 Å². The summed E-state index contributed by atoms with van der Waals surface area (Å²) in [5.41, 5.74) is 20.2. The van der Waals surface area contributed by atoms with Crippen LogP contribution in [0.3, 0.4) is 0 Å². The van der Waals surface area contributed by atoms with Crippen molar-refractivity contribution < 1.29 is 4.79 Å². The molecule has 0 bridgehead atoms. The van der Waals surface area contributed by atoms with E-state index in [1.165, 1.54) is 0 Å². The molecule has 9 nitrogen and oxygen atoms in total. The van der Waals surface area contributed by atoms with Crippen molar-refractivity contribution in [3.05, 3.63) is 80.5 Å². The van der Waals surface area contributed by atoms with E-state index in [4.69, 9.17) is 11.1 Å². The monoisotopic (exact) mass is 406 g/mol. The van der Waals surface area contributed by atoms with Crippen LogP contribution in [0.15, 0.2) is 58.8 Å². The van der Waals surface area contributed by atoms with Crippen molar-refractivity contribution in [2.24, 2.45) is 10.2 Å². The number of nitrogens with zero attached hydrogens (tertiary/aromatic N) is 8. The standard InChI is InChI=1S/C21H26N8O/c1-15(28(3)13-17-7-5-9-19(11-17)24-26-22)21(30)16(2)29(4)14-18-8-6-10-20(12-18)25-27-23/h5-12,15-16H,13-14H2,1-4H3. The summed E-state index contributed by atoms with van der Waals surface area (Å²) in [6, 6.07) is 14.1. The highest BCUT2D eigenvalue weighted by molar-refractivity contribution is 5.88. The van der Waals surface area contributed by atoms with Crippen LogP contribution in [0.4, 0.5) is 11.4 Å². The van der Waals surface area contributed by atoms with Gasteiger partial charge in [-0.3, -0.25) is 14.6 Å². The molecule has 0 spiro atoms. The maximum Gasteiger partial charge on any atom is 0.166 e. The Bertz CT molecular complexity index is 901. The molecule has 0 radical (unpaired) electrons. The maximum atomic E-state index is 13.0. The van der Waals surface area contributed by atoms with E-state index in [-0.39, 0.29) is 17.9 Å². The lowest BCUT2D eigenvalue weighted by Gasteiger charge is -2.30. The molecule has 0 heterocycles. The van der Waals surface area contributed by atoms with Crippen molar-refractivity contribution in [1.29, 1.82) is 0 Å². The number of hydrogen-bond donors (Lipinski definition) is 0. The van der Waals surface area contributed by atoms with Crippen LogP contribution in [0.25, 0.3) is 20.9 Å². The highest BCUT2D eigenvalue weighted by atomic mass is 16.1. The van der Waals surface area contributed by atoms with Crippen molar-refractivity contribution >= 4 is 17.2 Å². The van der Waals surface area contributed by atoms with Gasteiger partial charge in [-0.1, -0.05) is 46.6 Å². The molecule has 2 unspecified atom stereocenters. The lowest BCUT2D eigenvalue weighted by Crippen LogP contribution is -2.46. The first-order valence-electron chi connectivity index (χ1n) is 9.58. The fourth-order valence-corrected chi connectivity index (χ4v) is 3.17. The van der Waals surface area contributed by atoms with Crippen molar-refractivity contribution in [2.75, 3.05) is 14.1 Å². The van der Waals surface area contributed by atoms with E-state index in [9.17, 15) is 4.79 Å². The number of carbonyl (C=O) groups is 1. The van der Waals surface area contributed by atoms with Crippen molar-refractivity contribution in [1.82, 2.24) is 9.80 Å². The van der Waals surface area contributed by atoms with Crippen LogP contribution < -0.4 is 0 Å².